The number of alkyl halides is 3. The van der Waals surface area contributed by atoms with Crippen molar-refractivity contribution in [3.63, 3.8) is 0 Å². The third-order valence-corrected chi connectivity index (χ3v) is 4.61. The Bertz CT molecular complexity index is 604. The van der Waals surface area contributed by atoms with E-state index in [-0.39, 0.29) is 6.04 Å². The molecule has 1 aliphatic rings. The number of halogens is 3. The van der Waals surface area contributed by atoms with Crippen LogP contribution in [-0.2, 0) is 6.18 Å². The molecule has 2 aromatic rings. The van der Waals surface area contributed by atoms with E-state index in [1.807, 2.05) is 16.8 Å². The fourth-order valence-corrected chi connectivity index (χ4v) is 3.55. The first-order valence-corrected chi connectivity index (χ1v) is 8.14. The highest BCUT2D eigenvalue weighted by Crippen LogP contribution is 2.35. The predicted molar refractivity (Wildman–Crippen MR) is 82.0 cm³/mol. The van der Waals surface area contributed by atoms with E-state index in [9.17, 15) is 13.2 Å². The van der Waals surface area contributed by atoms with E-state index in [0.717, 1.165) is 37.8 Å². The lowest BCUT2D eigenvalue weighted by atomic mass is 9.97. The van der Waals surface area contributed by atoms with Gasteiger partial charge in [-0.15, -0.1) is 0 Å². The molecule has 1 saturated heterocycles. The van der Waals surface area contributed by atoms with E-state index in [1.54, 1.807) is 17.4 Å². The number of rotatable bonds is 3. The van der Waals surface area contributed by atoms with Gasteiger partial charge < -0.3 is 5.32 Å². The molecule has 1 aromatic heterocycles. The minimum absolute atomic E-state index is 0.115. The van der Waals surface area contributed by atoms with Gasteiger partial charge in [0, 0.05) is 26.2 Å². The molecule has 0 radical (unpaired) electrons. The van der Waals surface area contributed by atoms with Gasteiger partial charge in [-0.1, -0.05) is 12.1 Å². The van der Waals surface area contributed by atoms with E-state index in [1.165, 1.54) is 12.1 Å². The summed E-state index contributed by atoms with van der Waals surface area (Å²) in [6.45, 7) is 3.38. The number of nitrogens with one attached hydrogen (secondary N) is 1. The molecule has 1 aliphatic heterocycles. The summed E-state index contributed by atoms with van der Waals surface area (Å²) >= 11 is 1.57. The smallest absolute Gasteiger partial charge is 0.314 e. The summed E-state index contributed by atoms with van der Waals surface area (Å²) in [5.41, 5.74) is 1.18. The summed E-state index contributed by atoms with van der Waals surface area (Å²) in [5, 5.41) is 7.27. The maximum atomic E-state index is 13.0. The molecule has 2 heterocycles. The fraction of sp³-hybridized carbons (Fsp3) is 0.375. The largest absolute Gasteiger partial charge is 0.416 e. The quantitative estimate of drug-likeness (QED) is 0.924. The van der Waals surface area contributed by atoms with Crippen LogP contribution in [0.5, 0.6) is 0 Å². The van der Waals surface area contributed by atoms with Crippen LogP contribution < -0.4 is 5.32 Å². The Hall–Kier alpha value is -1.37. The number of thiophene rings is 1. The Morgan fingerprint density at radius 2 is 1.86 bits per heavy atom. The van der Waals surface area contributed by atoms with Crippen molar-refractivity contribution in [3.05, 3.63) is 57.8 Å². The van der Waals surface area contributed by atoms with Crippen LogP contribution in [0.4, 0.5) is 13.2 Å². The van der Waals surface area contributed by atoms with E-state index in [4.69, 9.17) is 0 Å². The molecule has 1 atom stereocenters. The summed E-state index contributed by atoms with van der Waals surface area (Å²) < 4.78 is 39.0. The van der Waals surface area contributed by atoms with Gasteiger partial charge in [-0.05, 0) is 40.1 Å². The molecule has 3 rings (SSSR count). The van der Waals surface area contributed by atoms with Gasteiger partial charge in [-0.25, -0.2) is 0 Å². The van der Waals surface area contributed by atoms with Gasteiger partial charge in [0.05, 0.1) is 11.6 Å². The summed E-state index contributed by atoms with van der Waals surface area (Å²) in [6.07, 6.45) is -4.31. The first-order chi connectivity index (χ1) is 10.6. The monoisotopic (exact) mass is 326 g/mol. The van der Waals surface area contributed by atoms with E-state index in [0.29, 0.717) is 5.56 Å². The Balaban J connectivity index is 1.99. The summed E-state index contributed by atoms with van der Waals surface area (Å²) in [4.78, 5) is 2.24. The maximum Gasteiger partial charge on any atom is 0.416 e. The van der Waals surface area contributed by atoms with Crippen molar-refractivity contribution in [2.75, 3.05) is 26.2 Å². The molecule has 0 spiro atoms. The second kappa shape index (κ2) is 6.40. The standard InChI is InChI=1S/C16H17F3N2S/c17-16(18,19)14-3-1-2-12(10-14)15(13-4-9-22-11-13)21-7-5-20-6-8-21/h1-4,9-11,15,20H,5-8H2/t15-/m0/s1. The Morgan fingerprint density at radius 3 is 2.50 bits per heavy atom. The zero-order valence-corrected chi connectivity index (χ0v) is 12.8. The minimum atomic E-state index is -4.31. The van der Waals surface area contributed by atoms with Gasteiger partial charge in [0.25, 0.3) is 0 Å². The number of hydrogen-bond acceptors (Lipinski definition) is 3. The molecule has 0 amide bonds. The molecule has 6 heteroatoms. The molecule has 22 heavy (non-hydrogen) atoms. The molecule has 2 nitrogen and oxygen atoms in total. The zero-order valence-electron chi connectivity index (χ0n) is 11.9. The number of benzene rings is 1. The lowest BCUT2D eigenvalue weighted by Gasteiger charge is -2.35. The molecular formula is C16H17F3N2S. The van der Waals surface area contributed by atoms with E-state index in [2.05, 4.69) is 10.2 Å². The molecule has 1 N–H and O–H groups in total. The normalized spacial score (nSPS) is 18.3. The van der Waals surface area contributed by atoms with Gasteiger partial charge >= 0.3 is 6.18 Å². The van der Waals surface area contributed by atoms with Gasteiger partial charge in [0.1, 0.15) is 0 Å². The fourth-order valence-electron chi connectivity index (χ4n) is 2.87. The van der Waals surface area contributed by atoms with Crippen molar-refractivity contribution in [2.24, 2.45) is 0 Å². The summed E-state index contributed by atoms with van der Waals surface area (Å²) in [6, 6.07) is 7.59. The number of hydrogen-bond donors (Lipinski definition) is 1. The lowest BCUT2D eigenvalue weighted by Crippen LogP contribution is -2.45. The Morgan fingerprint density at radius 1 is 1.09 bits per heavy atom. The van der Waals surface area contributed by atoms with Gasteiger partial charge in [0.2, 0.25) is 0 Å². The number of nitrogens with zero attached hydrogens (tertiary/aromatic N) is 1. The first-order valence-electron chi connectivity index (χ1n) is 7.20. The van der Waals surface area contributed by atoms with Gasteiger partial charge in [-0.3, -0.25) is 4.90 Å². The average molecular weight is 326 g/mol. The molecule has 1 fully saturated rings. The van der Waals surface area contributed by atoms with Gasteiger partial charge in [0.15, 0.2) is 0 Å². The van der Waals surface area contributed by atoms with Crippen LogP contribution in [0.15, 0.2) is 41.1 Å². The van der Waals surface area contributed by atoms with Crippen molar-refractivity contribution < 1.29 is 13.2 Å². The maximum absolute atomic E-state index is 13.0. The van der Waals surface area contributed by atoms with Crippen LogP contribution in [0.25, 0.3) is 0 Å². The van der Waals surface area contributed by atoms with Crippen molar-refractivity contribution in [2.45, 2.75) is 12.2 Å². The molecule has 0 aliphatic carbocycles. The summed E-state index contributed by atoms with van der Waals surface area (Å²) in [5.74, 6) is 0. The predicted octanol–water partition coefficient (Wildman–Crippen LogP) is 3.76. The van der Waals surface area contributed by atoms with Crippen LogP contribution in [0.1, 0.15) is 22.7 Å². The molecule has 0 bridgehead atoms. The van der Waals surface area contributed by atoms with Crippen molar-refractivity contribution in [3.8, 4) is 0 Å². The molecule has 118 valence electrons. The van der Waals surface area contributed by atoms with Crippen LogP contribution in [-0.4, -0.2) is 31.1 Å². The van der Waals surface area contributed by atoms with Crippen LogP contribution >= 0.6 is 11.3 Å². The summed E-state index contributed by atoms with van der Waals surface area (Å²) in [7, 11) is 0. The average Bonchev–Trinajstić information content (AvgIpc) is 3.02. The lowest BCUT2D eigenvalue weighted by molar-refractivity contribution is -0.137. The van der Waals surface area contributed by atoms with Crippen molar-refractivity contribution in [1.29, 1.82) is 0 Å². The highest BCUT2D eigenvalue weighted by atomic mass is 32.1. The first kappa shape index (κ1) is 15.5. The number of piperazine rings is 1. The third-order valence-electron chi connectivity index (χ3n) is 3.91. The molecule has 0 saturated carbocycles. The van der Waals surface area contributed by atoms with E-state index < -0.39 is 11.7 Å². The second-order valence-corrected chi connectivity index (χ2v) is 6.15. The van der Waals surface area contributed by atoms with Crippen LogP contribution in [0.3, 0.4) is 0 Å². The Labute approximate surface area is 131 Å². The third kappa shape index (κ3) is 3.34. The van der Waals surface area contributed by atoms with Crippen molar-refractivity contribution in [1.82, 2.24) is 10.2 Å². The Kier molecular flexibility index (Phi) is 4.52. The highest BCUT2D eigenvalue weighted by Gasteiger charge is 2.32. The van der Waals surface area contributed by atoms with Crippen LogP contribution in [0.2, 0.25) is 0 Å². The van der Waals surface area contributed by atoms with Crippen molar-refractivity contribution >= 4 is 11.3 Å². The topological polar surface area (TPSA) is 15.3 Å². The highest BCUT2D eigenvalue weighted by molar-refractivity contribution is 7.08. The van der Waals surface area contributed by atoms with E-state index >= 15 is 0 Å². The molecular weight excluding hydrogens is 309 g/mol. The SMILES string of the molecule is FC(F)(F)c1cccc([C@@H](c2ccsc2)N2CCNCC2)c1. The molecule has 0 unspecified atom stereocenters. The van der Waals surface area contributed by atoms with Crippen LogP contribution in [0, 0.1) is 0 Å². The molecule has 1 aromatic carbocycles. The zero-order chi connectivity index (χ0) is 15.6. The minimum Gasteiger partial charge on any atom is -0.314 e. The second-order valence-electron chi connectivity index (χ2n) is 5.37. The van der Waals surface area contributed by atoms with Gasteiger partial charge in [-0.2, -0.15) is 24.5 Å².